The van der Waals surface area contributed by atoms with Gasteiger partial charge in [0.05, 0.1) is 10.7 Å². The molecular formula is C11H16N2S. The maximum Gasteiger partial charge on any atom is 0.0943 e. The minimum absolute atomic E-state index is 0.702. The van der Waals surface area contributed by atoms with Crippen molar-refractivity contribution in [1.82, 2.24) is 10.3 Å². The van der Waals surface area contributed by atoms with Gasteiger partial charge in [0.2, 0.25) is 0 Å². The highest BCUT2D eigenvalue weighted by Gasteiger charge is 2.26. The summed E-state index contributed by atoms with van der Waals surface area (Å²) in [6.07, 6.45) is 6.55. The molecule has 1 N–H and O–H groups in total. The Kier molecular flexibility index (Phi) is 2.30. The van der Waals surface area contributed by atoms with Crippen LogP contribution in [0.1, 0.15) is 42.3 Å². The summed E-state index contributed by atoms with van der Waals surface area (Å²) in [7, 11) is 0. The van der Waals surface area contributed by atoms with Crippen molar-refractivity contribution in [2.24, 2.45) is 0 Å². The van der Waals surface area contributed by atoms with Crippen LogP contribution in [0.25, 0.3) is 0 Å². The molecule has 1 aromatic heterocycles. The summed E-state index contributed by atoms with van der Waals surface area (Å²) in [5.74, 6) is 0.816. The monoisotopic (exact) mass is 208 g/mol. The normalized spacial score (nSPS) is 27.0. The molecule has 0 spiro atoms. The lowest BCUT2D eigenvalue weighted by atomic mass is 10.2. The first-order valence-electron chi connectivity index (χ1n) is 5.59. The molecule has 1 aromatic rings. The number of thiazole rings is 1. The Morgan fingerprint density at radius 2 is 2.36 bits per heavy atom. The Labute approximate surface area is 88.7 Å². The smallest absolute Gasteiger partial charge is 0.0943 e. The van der Waals surface area contributed by atoms with E-state index in [0.717, 1.165) is 12.3 Å². The lowest BCUT2D eigenvalue weighted by Gasteiger charge is -2.06. The fourth-order valence-electron chi connectivity index (χ4n) is 2.13. The van der Waals surface area contributed by atoms with Gasteiger partial charge in [0.25, 0.3) is 0 Å². The van der Waals surface area contributed by atoms with E-state index in [1.54, 1.807) is 0 Å². The van der Waals surface area contributed by atoms with E-state index in [2.05, 4.69) is 10.7 Å². The molecule has 1 aliphatic heterocycles. The fourth-order valence-corrected chi connectivity index (χ4v) is 3.08. The summed E-state index contributed by atoms with van der Waals surface area (Å²) in [5.41, 5.74) is 1.36. The van der Waals surface area contributed by atoms with Gasteiger partial charge in [0.15, 0.2) is 0 Å². The molecule has 1 aliphatic carbocycles. The van der Waals surface area contributed by atoms with Crippen molar-refractivity contribution in [2.75, 3.05) is 6.54 Å². The summed E-state index contributed by atoms with van der Waals surface area (Å²) in [6, 6.07) is 0.702. The first-order valence-corrected chi connectivity index (χ1v) is 6.47. The van der Waals surface area contributed by atoms with Crippen molar-refractivity contribution in [2.45, 2.75) is 44.1 Å². The van der Waals surface area contributed by atoms with Crippen LogP contribution >= 0.6 is 11.3 Å². The first kappa shape index (κ1) is 8.86. The zero-order chi connectivity index (χ0) is 9.38. The van der Waals surface area contributed by atoms with E-state index in [0.29, 0.717) is 6.04 Å². The minimum Gasteiger partial charge on any atom is -0.314 e. The Hall–Kier alpha value is -0.410. The van der Waals surface area contributed by atoms with E-state index in [4.69, 9.17) is 4.98 Å². The highest BCUT2D eigenvalue weighted by atomic mass is 32.1. The number of rotatable bonds is 3. The van der Waals surface area contributed by atoms with Crippen molar-refractivity contribution in [1.29, 1.82) is 0 Å². The summed E-state index contributed by atoms with van der Waals surface area (Å²) < 4.78 is 0. The third kappa shape index (κ3) is 1.84. The molecule has 3 heteroatoms. The molecule has 1 saturated heterocycles. The van der Waals surface area contributed by atoms with Gasteiger partial charge in [0.1, 0.15) is 0 Å². The number of aromatic nitrogens is 1. The summed E-state index contributed by atoms with van der Waals surface area (Å²) in [5, 5.41) is 7.13. The van der Waals surface area contributed by atoms with Gasteiger partial charge in [-0.05, 0) is 32.2 Å². The van der Waals surface area contributed by atoms with Gasteiger partial charge in [-0.25, -0.2) is 4.98 Å². The van der Waals surface area contributed by atoms with Gasteiger partial charge in [-0.2, -0.15) is 0 Å². The molecule has 2 fully saturated rings. The summed E-state index contributed by atoms with van der Waals surface area (Å²) >= 11 is 1.85. The van der Waals surface area contributed by atoms with Gasteiger partial charge in [-0.1, -0.05) is 0 Å². The molecule has 1 atom stereocenters. The highest BCUT2D eigenvalue weighted by Crippen LogP contribution is 2.40. The number of hydrogen-bond donors (Lipinski definition) is 1. The lowest BCUT2D eigenvalue weighted by molar-refractivity contribution is 0.600. The van der Waals surface area contributed by atoms with Crippen LogP contribution < -0.4 is 5.32 Å². The molecule has 2 nitrogen and oxygen atoms in total. The maximum absolute atomic E-state index is 4.71. The van der Waals surface area contributed by atoms with Crippen LogP contribution in [-0.2, 0) is 6.42 Å². The summed E-state index contributed by atoms with van der Waals surface area (Å²) in [4.78, 5) is 4.71. The molecule has 76 valence electrons. The quantitative estimate of drug-likeness (QED) is 0.824. The number of nitrogens with one attached hydrogen (secondary N) is 1. The topological polar surface area (TPSA) is 24.9 Å². The molecule has 3 rings (SSSR count). The second-order valence-electron chi connectivity index (χ2n) is 4.44. The van der Waals surface area contributed by atoms with E-state index >= 15 is 0 Å². The van der Waals surface area contributed by atoms with E-state index in [1.165, 1.54) is 42.9 Å². The van der Waals surface area contributed by atoms with Crippen LogP contribution in [0.5, 0.6) is 0 Å². The van der Waals surface area contributed by atoms with E-state index < -0.39 is 0 Å². The van der Waals surface area contributed by atoms with E-state index in [9.17, 15) is 0 Å². The van der Waals surface area contributed by atoms with Crippen LogP contribution in [0.3, 0.4) is 0 Å². The van der Waals surface area contributed by atoms with Crippen LogP contribution in [0, 0.1) is 0 Å². The highest BCUT2D eigenvalue weighted by molar-refractivity contribution is 7.09. The Bertz CT molecular complexity index is 311. The third-order valence-corrected chi connectivity index (χ3v) is 4.04. The average molecular weight is 208 g/mol. The zero-order valence-corrected chi connectivity index (χ0v) is 9.15. The Morgan fingerprint density at radius 1 is 1.43 bits per heavy atom. The minimum atomic E-state index is 0.702. The third-order valence-electron chi connectivity index (χ3n) is 3.15. The Balaban J connectivity index is 1.64. The van der Waals surface area contributed by atoms with Gasteiger partial charge in [0, 0.05) is 23.8 Å². The van der Waals surface area contributed by atoms with Crippen LogP contribution in [0.15, 0.2) is 5.38 Å². The van der Waals surface area contributed by atoms with Crippen LogP contribution in [-0.4, -0.2) is 17.6 Å². The molecule has 0 aromatic carbocycles. The molecule has 0 radical (unpaired) electrons. The van der Waals surface area contributed by atoms with E-state index in [1.807, 2.05) is 11.3 Å². The predicted molar refractivity (Wildman–Crippen MR) is 58.8 cm³/mol. The second-order valence-corrected chi connectivity index (χ2v) is 5.38. The molecule has 2 aliphatic rings. The zero-order valence-electron chi connectivity index (χ0n) is 8.33. The molecule has 1 unspecified atom stereocenters. The number of hydrogen-bond acceptors (Lipinski definition) is 3. The largest absolute Gasteiger partial charge is 0.314 e. The van der Waals surface area contributed by atoms with Gasteiger partial charge < -0.3 is 5.32 Å². The number of nitrogens with zero attached hydrogens (tertiary/aromatic N) is 1. The van der Waals surface area contributed by atoms with Crippen molar-refractivity contribution in [3.63, 3.8) is 0 Å². The lowest BCUT2D eigenvalue weighted by Crippen LogP contribution is -2.23. The maximum atomic E-state index is 4.71. The molecular weight excluding hydrogens is 192 g/mol. The van der Waals surface area contributed by atoms with Crippen LogP contribution in [0.2, 0.25) is 0 Å². The van der Waals surface area contributed by atoms with Crippen molar-refractivity contribution in [3.8, 4) is 0 Å². The van der Waals surface area contributed by atoms with Gasteiger partial charge >= 0.3 is 0 Å². The average Bonchev–Trinajstić information content (AvgIpc) is 2.75. The standard InChI is InChI=1S/C11H16N2S/c1-2-9(12-5-1)6-11-13-10(7-14-11)8-3-4-8/h7-9,12H,1-6H2. The fraction of sp³-hybridized carbons (Fsp3) is 0.727. The molecule has 1 saturated carbocycles. The predicted octanol–water partition coefficient (Wildman–Crippen LogP) is 2.32. The van der Waals surface area contributed by atoms with Crippen molar-refractivity contribution >= 4 is 11.3 Å². The SMILES string of the molecule is c1sc(CC2CCCN2)nc1C1CC1. The van der Waals surface area contributed by atoms with Gasteiger partial charge in [-0.15, -0.1) is 11.3 Å². The molecule has 2 heterocycles. The van der Waals surface area contributed by atoms with Crippen LogP contribution in [0.4, 0.5) is 0 Å². The van der Waals surface area contributed by atoms with Crippen molar-refractivity contribution < 1.29 is 0 Å². The van der Waals surface area contributed by atoms with E-state index in [-0.39, 0.29) is 0 Å². The second kappa shape index (κ2) is 3.63. The molecule has 14 heavy (non-hydrogen) atoms. The molecule has 0 bridgehead atoms. The van der Waals surface area contributed by atoms with Crippen molar-refractivity contribution in [3.05, 3.63) is 16.1 Å². The molecule has 0 amide bonds. The first-order chi connectivity index (χ1) is 6.92. The summed E-state index contributed by atoms with van der Waals surface area (Å²) in [6.45, 7) is 1.20. The van der Waals surface area contributed by atoms with Gasteiger partial charge in [-0.3, -0.25) is 0 Å². The Morgan fingerprint density at radius 3 is 3.07 bits per heavy atom.